The van der Waals surface area contributed by atoms with Crippen LogP contribution in [0.4, 0.5) is 4.39 Å². The molecular weight excluding hydrogens is 581 g/mol. The Labute approximate surface area is 258 Å². The first-order valence-electron chi connectivity index (χ1n) is 13.9. The average Bonchev–Trinajstić information content (AvgIpc) is 3.44. The van der Waals surface area contributed by atoms with E-state index in [1.165, 1.54) is 51.8 Å². The van der Waals surface area contributed by atoms with E-state index in [1.807, 2.05) is 30.3 Å². The highest BCUT2D eigenvalue weighted by Gasteiger charge is 2.21. The molecule has 0 spiro atoms. The summed E-state index contributed by atoms with van der Waals surface area (Å²) in [5, 5.41) is 4.69. The first-order valence-corrected chi connectivity index (χ1v) is 13.9. The number of benzene rings is 4. The van der Waals surface area contributed by atoms with Crippen molar-refractivity contribution in [2.45, 2.75) is 6.92 Å². The van der Waals surface area contributed by atoms with E-state index in [1.54, 1.807) is 31.2 Å². The number of carbonyl (C=O) groups is 2. The maximum absolute atomic E-state index is 14.1. The molecule has 11 heteroatoms. The zero-order valence-corrected chi connectivity index (χ0v) is 25.0. The number of esters is 1. The van der Waals surface area contributed by atoms with Gasteiger partial charge < -0.3 is 28.7 Å². The lowest BCUT2D eigenvalue weighted by Gasteiger charge is -2.15. The van der Waals surface area contributed by atoms with Crippen LogP contribution in [0, 0.1) is 5.82 Å². The van der Waals surface area contributed by atoms with E-state index in [0.717, 1.165) is 5.56 Å². The molecule has 0 saturated heterocycles. The molecule has 5 rings (SSSR count). The van der Waals surface area contributed by atoms with Gasteiger partial charge in [0.1, 0.15) is 11.5 Å². The number of hydrazone groups is 1. The van der Waals surface area contributed by atoms with Gasteiger partial charge in [-0.3, -0.25) is 4.79 Å². The van der Waals surface area contributed by atoms with Gasteiger partial charge in [-0.25, -0.2) is 14.6 Å². The zero-order chi connectivity index (χ0) is 31.9. The number of nitrogens with one attached hydrogen (secondary N) is 2. The van der Waals surface area contributed by atoms with Gasteiger partial charge >= 0.3 is 5.97 Å². The largest absolute Gasteiger partial charge is 0.493 e. The van der Waals surface area contributed by atoms with Crippen LogP contribution < -0.4 is 29.1 Å². The highest BCUT2D eigenvalue weighted by molar-refractivity contribution is 6.09. The lowest BCUT2D eigenvalue weighted by molar-refractivity contribution is 0.0727. The van der Waals surface area contributed by atoms with E-state index >= 15 is 0 Å². The number of aromatic nitrogens is 1. The van der Waals surface area contributed by atoms with Crippen LogP contribution in [0.3, 0.4) is 0 Å². The molecule has 5 aromatic rings. The molecule has 0 atom stereocenters. The number of aromatic amines is 1. The van der Waals surface area contributed by atoms with Gasteiger partial charge in [0.15, 0.2) is 23.0 Å². The molecule has 0 fully saturated rings. The van der Waals surface area contributed by atoms with Crippen LogP contribution in [0.2, 0.25) is 0 Å². The van der Waals surface area contributed by atoms with E-state index < -0.39 is 17.7 Å². The summed E-state index contributed by atoms with van der Waals surface area (Å²) in [6, 6.07) is 21.3. The Hall–Kier alpha value is -5.84. The third kappa shape index (κ3) is 6.57. The smallest absolute Gasteiger partial charge is 0.343 e. The van der Waals surface area contributed by atoms with Crippen LogP contribution in [0.25, 0.3) is 22.0 Å². The van der Waals surface area contributed by atoms with Crippen LogP contribution in [-0.4, -0.2) is 51.0 Å². The molecule has 0 aliphatic rings. The van der Waals surface area contributed by atoms with Gasteiger partial charge in [-0.1, -0.05) is 30.3 Å². The number of fused-ring (bicyclic) bond motifs is 1. The highest BCUT2D eigenvalue weighted by Crippen LogP contribution is 2.39. The molecule has 1 amide bonds. The minimum absolute atomic E-state index is 0.176. The van der Waals surface area contributed by atoms with Gasteiger partial charge in [-0.05, 0) is 66.6 Å². The molecule has 0 radical (unpaired) electrons. The highest BCUT2D eigenvalue weighted by atomic mass is 19.1. The first kappa shape index (κ1) is 30.6. The number of halogens is 1. The maximum Gasteiger partial charge on any atom is 0.343 e. The Morgan fingerprint density at radius 1 is 0.867 bits per heavy atom. The molecule has 45 heavy (non-hydrogen) atoms. The molecule has 0 aliphatic heterocycles. The standard InChI is InChI=1S/C34H30FN3O7/c1-5-44-27-15-20(11-14-26(27)45-34(40)22-16-28(41-2)32(43-4)29(17-22)42-3)19-36-38-33(39)31-30(21-9-7-6-8-10-21)24-18-23(35)12-13-25(24)37-31/h6-19,37H,5H2,1-4H3,(H,38,39). The van der Waals surface area contributed by atoms with Crippen LogP contribution in [0.5, 0.6) is 28.7 Å². The summed E-state index contributed by atoms with van der Waals surface area (Å²) >= 11 is 0. The monoisotopic (exact) mass is 611 g/mol. The number of hydrogen-bond acceptors (Lipinski definition) is 8. The van der Waals surface area contributed by atoms with Crippen molar-refractivity contribution in [3.8, 4) is 39.9 Å². The lowest BCUT2D eigenvalue weighted by Crippen LogP contribution is -2.18. The van der Waals surface area contributed by atoms with Crippen molar-refractivity contribution in [1.82, 2.24) is 10.4 Å². The second-order valence-electron chi connectivity index (χ2n) is 9.57. The summed E-state index contributed by atoms with van der Waals surface area (Å²) in [5.41, 5.74) is 5.44. The molecule has 1 heterocycles. The summed E-state index contributed by atoms with van der Waals surface area (Å²) in [5.74, 6) is -0.176. The normalized spacial score (nSPS) is 11.0. The van der Waals surface area contributed by atoms with E-state index in [2.05, 4.69) is 15.5 Å². The molecule has 0 bridgehead atoms. The van der Waals surface area contributed by atoms with E-state index in [-0.39, 0.29) is 22.8 Å². The summed E-state index contributed by atoms with van der Waals surface area (Å²) in [7, 11) is 4.37. The minimum atomic E-state index is -0.670. The number of H-pyrrole nitrogens is 1. The van der Waals surface area contributed by atoms with Gasteiger partial charge in [0, 0.05) is 16.5 Å². The van der Waals surface area contributed by atoms with Gasteiger partial charge in [0.05, 0.1) is 39.7 Å². The van der Waals surface area contributed by atoms with Crippen LogP contribution in [0.1, 0.15) is 33.3 Å². The minimum Gasteiger partial charge on any atom is -0.493 e. The van der Waals surface area contributed by atoms with Gasteiger partial charge in [0.25, 0.3) is 5.91 Å². The summed E-state index contributed by atoms with van der Waals surface area (Å²) in [6.07, 6.45) is 1.43. The van der Waals surface area contributed by atoms with E-state index in [4.69, 9.17) is 23.7 Å². The van der Waals surface area contributed by atoms with Crippen molar-refractivity contribution in [3.05, 3.63) is 102 Å². The fourth-order valence-electron chi connectivity index (χ4n) is 4.78. The number of hydrogen-bond donors (Lipinski definition) is 2. The predicted octanol–water partition coefficient (Wildman–Crippen LogP) is 6.38. The Balaban J connectivity index is 1.36. The number of nitrogens with zero attached hydrogens (tertiary/aromatic N) is 1. The van der Waals surface area contributed by atoms with Crippen LogP contribution in [-0.2, 0) is 0 Å². The second kappa shape index (κ2) is 13.6. The molecule has 0 unspecified atom stereocenters. The molecule has 2 N–H and O–H groups in total. The molecule has 4 aromatic carbocycles. The van der Waals surface area contributed by atoms with Gasteiger partial charge in [-0.2, -0.15) is 5.10 Å². The third-order valence-electron chi connectivity index (χ3n) is 6.80. The van der Waals surface area contributed by atoms with Gasteiger partial charge in [-0.15, -0.1) is 0 Å². The SMILES string of the molecule is CCOc1cc(C=NNC(=O)c2[nH]c3ccc(F)cc3c2-c2ccccc2)ccc1OC(=O)c1cc(OC)c(OC)c(OC)c1. The fourth-order valence-corrected chi connectivity index (χ4v) is 4.78. The molecule has 0 aliphatic carbocycles. The summed E-state index contributed by atoms with van der Waals surface area (Å²) in [6.45, 7) is 2.09. The Bertz CT molecular complexity index is 1860. The quantitative estimate of drug-likeness (QED) is 0.0770. The number of ether oxygens (including phenoxy) is 5. The first-order chi connectivity index (χ1) is 21.9. The molecular formula is C34H30FN3O7. The maximum atomic E-state index is 14.1. The fraction of sp³-hybridized carbons (Fsp3) is 0.147. The average molecular weight is 612 g/mol. The van der Waals surface area contributed by atoms with Crippen molar-refractivity contribution in [2.75, 3.05) is 27.9 Å². The third-order valence-corrected chi connectivity index (χ3v) is 6.80. The Morgan fingerprint density at radius 3 is 2.27 bits per heavy atom. The van der Waals surface area contributed by atoms with Crippen LogP contribution in [0.15, 0.2) is 84.0 Å². The van der Waals surface area contributed by atoms with Crippen molar-refractivity contribution in [1.29, 1.82) is 0 Å². The van der Waals surface area contributed by atoms with Crippen molar-refractivity contribution in [2.24, 2.45) is 5.10 Å². The van der Waals surface area contributed by atoms with E-state index in [9.17, 15) is 14.0 Å². The lowest BCUT2D eigenvalue weighted by atomic mass is 10.0. The molecule has 1 aromatic heterocycles. The van der Waals surface area contributed by atoms with E-state index in [0.29, 0.717) is 45.9 Å². The molecule has 10 nitrogen and oxygen atoms in total. The predicted molar refractivity (Wildman–Crippen MR) is 167 cm³/mol. The number of rotatable bonds is 11. The molecule has 0 saturated carbocycles. The van der Waals surface area contributed by atoms with Gasteiger partial charge in [0.2, 0.25) is 5.75 Å². The Morgan fingerprint density at radius 2 is 1.60 bits per heavy atom. The number of carbonyl (C=O) groups excluding carboxylic acids is 2. The second-order valence-corrected chi connectivity index (χ2v) is 9.57. The number of amides is 1. The topological polar surface area (TPSA) is 120 Å². The molecule has 230 valence electrons. The summed E-state index contributed by atoms with van der Waals surface area (Å²) in [4.78, 5) is 29.4. The number of methoxy groups -OCH3 is 3. The Kier molecular flexibility index (Phi) is 9.28. The zero-order valence-electron chi connectivity index (χ0n) is 25.0. The van der Waals surface area contributed by atoms with Crippen molar-refractivity contribution < 1.29 is 37.7 Å². The van der Waals surface area contributed by atoms with Crippen LogP contribution >= 0.6 is 0 Å². The summed E-state index contributed by atoms with van der Waals surface area (Å²) < 4.78 is 41.4. The van der Waals surface area contributed by atoms with Crippen molar-refractivity contribution >= 4 is 29.0 Å². The van der Waals surface area contributed by atoms with Crippen molar-refractivity contribution in [3.63, 3.8) is 0 Å².